The van der Waals surface area contributed by atoms with Crippen LogP contribution in [0.1, 0.15) is 55.1 Å². The molecule has 0 N–H and O–H groups in total. The largest absolute Gasteiger partial charge is 0.346 e. The van der Waals surface area contributed by atoms with Gasteiger partial charge in [0.1, 0.15) is 10.8 Å². The molecule has 3 aromatic heterocycles. The fourth-order valence-corrected chi connectivity index (χ4v) is 4.68. The van der Waals surface area contributed by atoms with Crippen molar-refractivity contribution >= 4 is 27.8 Å². The molecule has 4 rings (SSSR count). The predicted octanol–water partition coefficient (Wildman–Crippen LogP) is 3.75. The Morgan fingerprint density at radius 2 is 2.20 bits per heavy atom. The van der Waals surface area contributed by atoms with E-state index in [4.69, 9.17) is 0 Å². The quantitative estimate of drug-likeness (QED) is 0.681. The molecule has 1 aliphatic rings. The summed E-state index contributed by atoms with van der Waals surface area (Å²) in [7, 11) is 0. The molecule has 1 fully saturated rings. The number of thiazole rings is 1. The van der Waals surface area contributed by atoms with Crippen LogP contribution < -0.4 is 4.90 Å². The molecule has 0 aromatic carbocycles. The smallest absolute Gasteiger partial charge is 0.208 e. The highest BCUT2D eigenvalue weighted by atomic mass is 32.1. The van der Waals surface area contributed by atoms with Crippen LogP contribution >= 0.6 is 22.7 Å². The van der Waals surface area contributed by atoms with Gasteiger partial charge in [-0.25, -0.2) is 9.97 Å². The average Bonchev–Trinajstić information content (AvgIpc) is 3.37. The van der Waals surface area contributed by atoms with Crippen LogP contribution in [-0.2, 0) is 6.54 Å². The minimum atomic E-state index is 0.425. The van der Waals surface area contributed by atoms with Gasteiger partial charge in [0.15, 0.2) is 0 Å². The summed E-state index contributed by atoms with van der Waals surface area (Å²) in [6.45, 7) is 7.14. The Bertz CT molecular complexity index is 807. The molecule has 0 amide bonds. The van der Waals surface area contributed by atoms with E-state index in [0.29, 0.717) is 11.8 Å². The first-order chi connectivity index (χ1) is 12.2. The summed E-state index contributed by atoms with van der Waals surface area (Å²) in [5.74, 6) is 2.02. The standard InChI is InChI=1S/C17H22N6S2/c1-12(2)16-20-21-17(25-16)23-6-3-4-13(8-23)15-18-5-7-22(15)9-14-10-24-11-19-14/h5,7,10-13H,3-4,6,8-9H2,1-2H3/t13-/m1/s1. The van der Waals surface area contributed by atoms with Gasteiger partial charge in [-0.2, -0.15) is 0 Å². The van der Waals surface area contributed by atoms with Gasteiger partial charge in [0, 0.05) is 42.7 Å². The Labute approximate surface area is 155 Å². The van der Waals surface area contributed by atoms with E-state index in [1.165, 1.54) is 6.42 Å². The molecule has 0 unspecified atom stereocenters. The molecule has 1 saturated heterocycles. The van der Waals surface area contributed by atoms with E-state index in [2.05, 4.69) is 55.1 Å². The van der Waals surface area contributed by atoms with E-state index >= 15 is 0 Å². The summed E-state index contributed by atoms with van der Waals surface area (Å²) in [6, 6.07) is 0. The molecular formula is C17H22N6S2. The van der Waals surface area contributed by atoms with E-state index in [9.17, 15) is 0 Å². The van der Waals surface area contributed by atoms with E-state index < -0.39 is 0 Å². The number of piperidine rings is 1. The lowest BCUT2D eigenvalue weighted by atomic mass is 9.97. The van der Waals surface area contributed by atoms with E-state index in [1.54, 1.807) is 22.7 Å². The van der Waals surface area contributed by atoms with Crippen LogP contribution in [0, 0.1) is 0 Å². The number of rotatable bonds is 5. The topological polar surface area (TPSA) is 59.7 Å². The minimum absolute atomic E-state index is 0.425. The minimum Gasteiger partial charge on any atom is -0.346 e. The highest BCUT2D eigenvalue weighted by molar-refractivity contribution is 7.15. The van der Waals surface area contributed by atoms with Crippen molar-refractivity contribution in [2.75, 3.05) is 18.0 Å². The lowest BCUT2D eigenvalue weighted by Crippen LogP contribution is -2.35. The monoisotopic (exact) mass is 374 g/mol. The van der Waals surface area contributed by atoms with Gasteiger partial charge in [0.25, 0.3) is 0 Å². The maximum atomic E-state index is 4.66. The SMILES string of the molecule is CC(C)c1nnc(N2CCC[C@@H](c3nccn3Cc3cscn3)C2)s1. The van der Waals surface area contributed by atoms with Gasteiger partial charge >= 0.3 is 0 Å². The normalized spacial score (nSPS) is 18.2. The van der Waals surface area contributed by atoms with Crippen molar-refractivity contribution in [2.24, 2.45) is 0 Å². The van der Waals surface area contributed by atoms with Crippen LogP contribution in [0.15, 0.2) is 23.3 Å². The molecule has 25 heavy (non-hydrogen) atoms. The zero-order valence-corrected chi connectivity index (χ0v) is 16.1. The highest BCUT2D eigenvalue weighted by Crippen LogP contribution is 2.32. The Balaban J connectivity index is 1.50. The molecule has 0 aliphatic carbocycles. The van der Waals surface area contributed by atoms with Gasteiger partial charge in [0.05, 0.1) is 17.7 Å². The van der Waals surface area contributed by atoms with Crippen molar-refractivity contribution in [3.8, 4) is 0 Å². The van der Waals surface area contributed by atoms with Crippen molar-refractivity contribution in [3.05, 3.63) is 39.8 Å². The number of hydrogen-bond donors (Lipinski definition) is 0. The molecule has 0 spiro atoms. The number of imidazole rings is 1. The van der Waals surface area contributed by atoms with Crippen molar-refractivity contribution < 1.29 is 0 Å². The molecule has 3 aromatic rings. The van der Waals surface area contributed by atoms with Crippen LogP contribution in [0.25, 0.3) is 0 Å². The molecule has 4 heterocycles. The summed E-state index contributed by atoms with van der Waals surface area (Å²) in [6.07, 6.45) is 6.29. The molecule has 6 nitrogen and oxygen atoms in total. The number of aromatic nitrogens is 5. The average molecular weight is 375 g/mol. The lowest BCUT2D eigenvalue weighted by Gasteiger charge is -2.32. The Morgan fingerprint density at radius 3 is 2.96 bits per heavy atom. The Morgan fingerprint density at radius 1 is 1.28 bits per heavy atom. The zero-order valence-electron chi connectivity index (χ0n) is 14.5. The number of nitrogens with zero attached hydrogens (tertiary/aromatic N) is 6. The van der Waals surface area contributed by atoms with E-state index in [1.807, 2.05) is 11.7 Å². The van der Waals surface area contributed by atoms with Crippen LogP contribution in [0.3, 0.4) is 0 Å². The second-order valence-corrected chi connectivity index (χ2v) is 8.46. The van der Waals surface area contributed by atoms with Gasteiger partial charge in [-0.1, -0.05) is 25.2 Å². The summed E-state index contributed by atoms with van der Waals surface area (Å²) < 4.78 is 2.24. The van der Waals surface area contributed by atoms with Crippen LogP contribution in [0.5, 0.6) is 0 Å². The first kappa shape index (κ1) is 16.7. The molecule has 8 heteroatoms. The van der Waals surface area contributed by atoms with Gasteiger partial charge < -0.3 is 9.47 Å². The summed E-state index contributed by atoms with van der Waals surface area (Å²) in [4.78, 5) is 11.4. The van der Waals surface area contributed by atoms with Gasteiger partial charge in [-0.05, 0) is 12.8 Å². The van der Waals surface area contributed by atoms with Crippen LogP contribution in [0.4, 0.5) is 5.13 Å². The molecule has 0 saturated carbocycles. The van der Waals surface area contributed by atoms with Crippen LogP contribution in [0.2, 0.25) is 0 Å². The fourth-order valence-electron chi connectivity index (χ4n) is 3.25. The highest BCUT2D eigenvalue weighted by Gasteiger charge is 2.27. The van der Waals surface area contributed by atoms with Crippen LogP contribution in [-0.4, -0.2) is 37.8 Å². The predicted molar refractivity (Wildman–Crippen MR) is 102 cm³/mol. The third kappa shape index (κ3) is 3.59. The summed E-state index contributed by atoms with van der Waals surface area (Å²) in [5, 5.41) is 13.0. The van der Waals surface area contributed by atoms with Gasteiger partial charge in [-0.3, -0.25) is 0 Å². The molecule has 132 valence electrons. The lowest BCUT2D eigenvalue weighted by molar-refractivity contribution is 0.474. The summed E-state index contributed by atoms with van der Waals surface area (Å²) >= 11 is 3.36. The van der Waals surface area contributed by atoms with Crippen molar-refractivity contribution in [1.29, 1.82) is 0 Å². The van der Waals surface area contributed by atoms with Crippen molar-refractivity contribution in [1.82, 2.24) is 24.7 Å². The third-order valence-electron chi connectivity index (χ3n) is 4.54. The Kier molecular flexibility index (Phi) is 4.80. The first-order valence-electron chi connectivity index (χ1n) is 8.67. The summed E-state index contributed by atoms with van der Waals surface area (Å²) in [5.41, 5.74) is 2.98. The third-order valence-corrected chi connectivity index (χ3v) is 6.46. The van der Waals surface area contributed by atoms with E-state index in [0.717, 1.165) is 47.7 Å². The zero-order chi connectivity index (χ0) is 17.2. The second-order valence-electron chi connectivity index (χ2n) is 6.76. The molecular weight excluding hydrogens is 352 g/mol. The molecule has 1 atom stereocenters. The number of hydrogen-bond acceptors (Lipinski definition) is 7. The molecule has 0 radical (unpaired) electrons. The first-order valence-corrected chi connectivity index (χ1v) is 10.4. The van der Waals surface area contributed by atoms with E-state index in [-0.39, 0.29) is 0 Å². The maximum absolute atomic E-state index is 4.66. The fraction of sp³-hybridized carbons (Fsp3) is 0.529. The van der Waals surface area contributed by atoms with Gasteiger partial charge in [0.2, 0.25) is 5.13 Å². The van der Waals surface area contributed by atoms with Crippen molar-refractivity contribution in [3.63, 3.8) is 0 Å². The second kappa shape index (κ2) is 7.21. The maximum Gasteiger partial charge on any atom is 0.208 e. The number of anilines is 1. The molecule has 1 aliphatic heterocycles. The Hall–Kier alpha value is -1.80. The van der Waals surface area contributed by atoms with Gasteiger partial charge in [-0.15, -0.1) is 21.5 Å². The molecule has 0 bridgehead atoms. The van der Waals surface area contributed by atoms with Crippen molar-refractivity contribution in [2.45, 2.75) is 45.1 Å².